The Morgan fingerprint density at radius 3 is 1.87 bits per heavy atom. The van der Waals surface area contributed by atoms with Crippen LogP contribution in [-0.2, 0) is 18.9 Å². The number of hydrogen-bond acceptors (Lipinski definition) is 5. The molecule has 3 aromatic rings. The van der Waals surface area contributed by atoms with Gasteiger partial charge in [0.2, 0.25) is 5.95 Å². The first-order valence-electron chi connectivity index (χ1n) is 12.9. The Hall–Kier alpha value is -4.16. The van der Waals surface area contributed by atoms with Gasteiger partial charge in [-0.05, 0) is 35.9 Å². The van der Waals surface area contributed by atoms with E-state index in [0.717, 1.165) is 19.2 Å². The Labute approximate surface area is 250 Å². The summed E-state index contributed by atoms with van der Waals surface area (Å²) in [4.78, 5) is 22.3. The van der Waals surface area contributed by atoms with E-state index in [9.17, 15) is 61.9 Å². The monoisotopic (exact) mass is 677 g/mol. The quantitative estimate of drug-likeness (QED) is 0.299. The second kappa shape index (κ2) is 12.2. The van der Waals surface area contributed by atoms with Gasteiger partial charge >= 0.3 is 24.7 Å². The largest absolute Gasteiger partial charge is 0.416 e. The molecular weight excluding hydrogens is 657 g/mol. The zero-order valence-electron chi connectivity index (χ0n) is 23.0. The lowest BCUT2D eigenvalue weighted by Crippen LogP contribution is -2.65. The van der Waals surface area contributed by atoms with E-state index in [0.29, 0.717) is 28.1 Å². The molecule has 46 heavy (non-hydrogen) atoms. The minimum atomic E-state index is -5.18. The van der Waals surface area contributed by atoms with Gasteiger partial charge in [0.05, 0.1) is 22.4 Å². The number of aromatic nitrogens is 2. The van der Waals surface area contributed by atoms with Crippen molar-refractivity contribution in [1.82, 2.24) is 20.2 Å². The van der Waals surface area contributed by atoms with Gasteiger partial charge in [-0.15, -0.1) is 0 Å². The molecule has 2 heterocycles. The fraction of sp³-hybridized carbons (Fsp3) is 0.370. The fourth-order valence-corrected chi connectivity index (χ4v) is 4.62. The molecule has 0 spiro atoms. The minimum Gasteiger partial charge on any atom is -0.337 e. The summed E-state index contributed by atoms with van der Waals surface area (Å²) in [5.74, 6) is -2.94. The van der Waals surface area contributed by atoms with E-state index in [2.05, 4.69) is 9.97 Å². The molecule has 1 N–H and O–H groups in total. The summed E-state index contributed by atoms with van der Waals surface area (Å²) < 4.78 is 176. The van der Waals surface area contributed by atoms with Crippen molar-refractivity contribution < 1.29 is 61.9 Å². The smallest absolute Gasteiger partial charge is 0.337 e. The number of carbonyl (C=O) groups excluding carboxylic acids is 1. The van der Waals surface area contributed by atoms with Crippen molar-refractivity contribution in [3.05, 3.63) is 76.7 Å². The van der Waals surface area contributed by atoms with E-state index in [1.165, 1.54) is 17.4 Å². The van der Waals surface area contributed by atoms with Crippen molar-refractivity contribution in [3.8, 4) is 11.3 Å². The number of nitrogens with one attached hydrogen (secondary N) is 1. The van der Waals surface area contributed by atoms with E-state index in [1.807, 2.05) is 0 Å². The average Bonchev–Trinajstić information content (AvgIpc) is 2.94. The summed E-state index contributed by atoms with van der Waals surface area (Å²) in [6.45, 7) is -3.04. The Bertz CT molecular complexity index is 1530. The Morgan fingerprint density at radius 1 is 0.870 bits per heavy atom. The van der Waals surface area contributed by atoms with Crippen LogP contribution in [0.3, 0.4) is 0 Å². The first kappa shape index (κ1) is 34.7. The van der Waals surface area contributed by atoms with Gasteiger partial charge in [0.1, 0.15) is 17.9 Å². The zero-order chi connectivity index (χ0) is 34.4. The topological polar surface area (TPSA) is 61.4 Å². The maximum absolute atomic E-state index is 14.9. The molecule has 1 aliphatic rings. The lowest BCUT2D eigenvalue weighted by atomic mass is 10.0. The van der Waals surface area contributed by atoms with E-state index < -0.39 is 108 Å². The second-order valence-corrected chi connectivity index (χ2v) is 10.2. The van der Waals surface area contributed by atoms with E-state index in [1.54, 1.807) is 0 Å². The second-order valence-electron chi connectivity index (χ2n) is 10.2. The number of alkyl halides is 12. The van der Waals surface area contributed by atoms with Crippen LogP contribution in [0.5, 0.6) is 0 Å². The molecule has 2 aromatic carbocycles. The van der Waals surface area contributed by atoms with Gasteiger partial charge in [0.15, 0.2) is 0 Å². The third kappa shape index (κ3) is 7.79. The Kier molecular flexibility index (Phi) is 9.22. The Morgan fingerprint density at radius 2 is 1.39 bits per heavy atom. The fourth-order valence-electron chi connectivity index (χ4n) is 4.62. The number of piperazine rings is 1. The molecule has 6 nitrogen and oxygen atoms in total. The van der Waals surface area contributed by atoms with Gasteiger partial charge in [-0.2, -0.15) is 52.7 Å². The molecule has 1 aliphatic heterocycles. The van der Waals surface area contributed by atoms with Crippen LogP contribution in [0, 0.1) is 5.82 Å². The molecule has 250 valence electrons. The average molecular weight is 677 g/mol. The van der Waals surface area contributed by atoms with Crippen molar-refractivity contribution in [2.75, 3.05) is 25.0 Å². The lowest BCUT2D eigenvalue weighted by Gasteiger charge is -2.40. The third-order valence-electron chi connectivity index (χ3n) is 6.83. The van der Waals surface area contributed by atoms with E-state index >= 15 is 0 Å². The van der Waals surface area contributed by atoms with Crippen LogP contribution in [0.15, 0.2) is 48.7 Å². The standard InChI is InChI=1S/C27H20F13N5O/c1-44(10-13-6-14(24(29,30)31)8-15(7-13)25(32,33)34)22(46)17-9-41-23(43-21(17)16-4-2-3-5-18(16)28)45-11-19(26(35,36)37)42-20(12-45)27(38,39)40/h2-9,19-20,42H,10-12H2,1H3/t19-,20+. The van der Waals surface area contributed by atoms with Crippen molar-refractivity contribution in [2.24, 2.45) is 0 Å². The maximum atomic E-state index is 14.9. The van der Waals surface area contributed by atoms with Gasteiger partial charge < -0.3 is 9.80 Å². The molecule has 2 atom stereocenters. The van der Waals surface area contributed by atoms with E-state index in [-0.39, 0.29) is 6.07 Å². The minimum absolute atomic E-state index is 0.114. The predicted molar refractivity (Wildman–Crippen MR) is 135 cm³/mol. The van der Waals surface area contributed by atoms with Crippen molar-refractivity contribution in [1.29, 1.82) is 0 Å². The first-order valence-corrected chi connectivity index (χ1v) is 12.9. The van der Waals surface area contributed by atoms with Gasteiger partial charge in [0.25, 0.3) is 5.91 Å². The van der Waals surface area contributed by atoms with Crippen LogP contribution in [0.1, 0.15) is 27.0 Å². The normalized spacial score (nSPS) is 18.1. The van der Waals surface area contributed by atoms with E-state index in [4.69, 9.17) is 0 Å². The molecule has 0 aliphatic carbocycles. The van der Waals surface area contributed by atoms with Crippen LogP contribution in [-0.4, -0.2) is 65.3 Å². The number of halogens is 13. The number of hydrogen-bond donors (Lipinski definition) is 1. The molecule has 1 amide bonds. The highest BCUT2D eigenvalue weighted by molar-refractivity contribution is 5.99. The number of amides is 1. The number of nitrogens with zero attached hydrogens (tertiary/aromatic N) is 4. The molecule has 1 fully saturated rings. The zero-order valence-corrected chi connectivity index (χ0v) is 23.0. The summed E-state index contributed by atoms with van der Waals surface area (Å²) >= 11 is 0. The molecule has 0 saturated carbocycles. The van der Waals surface area contributed by atoms with Crippen molar-refractivity contribution in [3.63, 3.8) is 0 Å². The van der Waals surface area contributed by atoms with Crippen molar-refractivity contribution in [2.45, 2.75) is 43.3 Å². The first-order chi connectivity index (χ1) is 21.1. The summed E-state index contributed by atoms with van der Waals surface area (Å²) in [5, 5.41) is 1.47. The molecule has 1 aromatic heterocycles. The summed E-state index contributed by atoms with van der Waals surface area (Å²) in [5.41, 5.74) is -5.55. The number of benzene rings is 2. The molecule has 4 rings (SSSR count). The Balaban J connectivity index is 1.75. The third-order valence-corrected chi connectivity index (χ3v) is 6.83. The summed E-state index contributed by atoms with van der Waals surface area (Å²) in [6.07, 6.45) is -20.0. The molecule has 1 saturated heterocycles. The van der Waals surface area contributed by atoms with Crippen molar-refractivity contribution >= 4 is 11.9 Å². The molecular formula is C27H20F13N5O. The molecule has 0 radical (unpaired) electrons. The highest BCUT2D eigenvalue weighted by Gasteiger charge is 2.52. The van der Waals surface area contributed by atoms with Gasteiger partial charge in [-0.3, -0.25) is 10.1 Å². The van der Waals surface area contributed by atoms with Gasteiger partial charge in [-0.1, -0.05) is 12.1 Å². The SMILES string of the molecule is CN(Cc1cc(C(F)(F)F)cc(C(F)(F)F)c1)C(=O)c1cnc(N2C[C@@H](C(F)(F)F)N[C@@H](C(F)(F)F)C2)nc1-c1ccccc1F. The number of carbonyl (C=O) groups is 1. The van der Waals surface area contributed by atoms with Crippen LogP contribution < -0.4 is 10.2 Å². The summed E-state index contributed by atoms with van der Waals surface area (Å²) in [6, 6.07) is -0.247. The van der Waals surface area contributed by atoms with Crippen LogP contribution in [0.25, 0.3) is 11.3 Å². The van der Waals surface area contributed by atoms with Crippen LogP contribution in [0.4, 0.5) is 63.0 Å². The molecule has 19 heteroatoms. The van der Waals surface area contributed by atoms with Gasteiger partial charge in [-0.25, -0.2) is 14.4 Å². The number of rotatable bonds is 5. The highest BCUT2D eigenvalue weighted by Crippen LogP contribution is 2.37. The van der Waals surface area contributed by atoms with Gasteiger partial charge in [0, 0.05) is 38.4 Å². The highest BCUT2D eigenvalue weighted by atomic mass is 19.4. The molecule has 0 unspecified atom stereocenters. The predicted octanol–water partition coefficient (Wildman–Crippen LogP) is 6.86. The van der Waals surface area contributed by atoms with Crippen LogP contribution in [0.2, 0.25) is 0 Å². The molecule has 0 bridgehead atoms. The lowest BCUT2D eigenvalue weighted by molar-refractivity contribution is -0.190. The maximum Gasteiger partial charge on any atom is 0.416 e. The number of anilines is 1. The summed E-state index contributed by atoms with van der Waals surface area (Å²) in [7, 11) is 0.979. The van der Waals surface area contributed by atoms with Crippen LogP contribution >= 0.6 is 0 Å².